The number of hydrogen-bond acceptors (Lipinski definition) is 4. The summed E-state index contributed by atoms with van der Waals surface area (Å²) in [5.41, 5.74) is 5.80. The van der Waals surface area contributed by atoms with E-state index in [1.165, 1.54) is 38.8 Å². The van der Waals surface area contributed by atoms with E-state index in [0.29, 0.717) is 11.8 Å². The minimum atomic E-state index is 0.557. The van der Waals surface area contributed by atoms with Gasteiger partial charge < -0.3 is 10.6 Å². The zero-order chi connectivity index (χ0) is 12.4. The van der Waals surface area contributed by atoms with Gasteiger partial charge in [-0.25, -0.2) is 9.97 Å². The van der Waals surface area contributed by atoms with Gasteiger partial charge in [0.1, 0.15) is 5.82 Å². The molecule has 0 amide bonds. The summed E-state index contributed by atoms with van der Waals surface area (Å²) in [6.07, 6.45) is 8.73. The molecule has 0 bridgehead atoms. The fraction of sp³-hybridized carbons (Fsp3) is 0.714. The van der Waals surface area contributed by atoms with Crippen LogP contribution < -0.4 is 5.73 Å². The molecule has 2 N–H and O–H groups in total. The van der Waals surface area contributed by atoms with E-state index in [1.54, 1.807) is 0 Å². The van der Waals surface area contributed by atoms with Crippen LogP contribution in [0.4, 0.5) is 0 Å². The standard InChI is InChI=1S/C14H22N4/c15-9-11-2-3-13-8-12(4-7-18(13)10-11)14-16-5-1-6-17-14/h1,5-6,11-13H,2-4,7-10,15H2/t11-,12?,13+/m1/s1. The lowest BCUT2D eigenvalue weighted by atomic mass is 9.82. The van der Waals surface area contributed by atoms with Crippen molar-refractivity contribution in [1.29, 1.82) is 0 Å². The first-order valence-corrected chi connectivity index (χ1v) is 7.08. The lowest BCUT2D eigenvalue weighted by Crippen LogP contribution is -2.49. The van der Waals surface area contributed by atoms with E-state index >= 15 is 0 Å². The second-order valence-electron chi connectivity index (χ2n) is 5.66. The van der Waals surface area contributed by atoms with Crippen LogP contribution in [0.15, 0.2) is 18.5 Å². The van der Waals surface area contributed by atoms with Crippen molar-refractivity contribution in [2.24, 2.45) is 11.7 Å². The summed E-state index contributed by atoms with van der Waals surface area (Å²) in [5.74, 6) is 2.31. The van der Waals surface area contributed by atoms with E-state index in [4.69, 9.17) is 5.73 Å². The third-order valence-corrected chi connectivity index (χ3v) is 4.52. The molecular formula is C14H22N4. The summed E-state index contributed by atoms with van der Waals surface area (Å²) in [6.45, 7) is 3.22. The molecule has 2 fully saturated rings. The van der Waals surface area contributed by atoms with E-state index < -0.39 is 0 Å². The zero-order valence-electron chi connectivity index (χ0n) is 10.8. The molecule has 4 nitrogen and oxygen atoms in total. The lowest BCUT2D eigenvalue weighted by Gasteiger charge is -2.44. The molecule has 0 aromatic carbocycles. The van der Waals surface area contributed by atoms with Crippen LogP contribution in [0.3, 0.4) is 0 Å². The molecular weight excluding hydrogens is 224 g/mol. The number of nitrogens with zero attached hydrogens (tertiary/aromatic N) is 3. The highest BCUT2D eigenvalue weighted by molar-refractivity contribution is 5.02. The van der Waals surface area contributed by atoms with Crippen LogP contribution in [0.2, 0.25) is 0 Å². The van der Waals surface area contributed by atoms with Crippen molar-refractivity contribution >= 4 is 0 Å². The first-order chi connectivity index (χ1) is 8.86. The summed E-state index contributed by atoms with van der Waals surface area (Å²) >= 11 is 0. The van der Waals surface area contributed by atoms with E-state index in [-0.39, 0.29) is 0 Å². The Kier molecular flexibility index (Phi) is 3.57. The lowest BCUT2D eigenvalue weighted by molar-refractivity contribution is 0.0673. The average molecular weight is 246 g/mol. The van der Waals surface area contributed by atoms with Crippen LogP contribution in [0.1, 0.15) is 37.4 Å². The normalized spacial score (nSPS) is 33.1. The first kappa shape index (κ1) is 12.1. The number of piperidine rings is 2. The Morgan fingerprint density at radius 3 is 2.83 bits per heavy atom. The second-order valence-corrected chi connectivity index (χ2v) is 5.66. The molecule has 98 valence electrons. The fourth-order valence-corrected chi connectivity index (χ4v) is 3.44. The fourth-order valence-electron chi connectivity index (χ4n) is 3.44. The van der Waals surface area contributed by atoms with Gasteiger partial charge in [0, 0.05) is 30.9 Å². The van der Waals surface area contributed by atoms with Crippen molar-refractivity contribution < 1.29 is 0 Å². The summed E-state index contributed by atoms with van der Waals surface area (Å²) in [4.78, 5) is 11.5. The Morgan fingerprint density at radius 1 is 1.22 bits per heavy atom. The molecule has 0 saturated carbocycles. The van der Waals surface area contributed by atoms with Crippen molar-refractivity contribution in [3.63, 3.8) is 0 Å². The van der Waals surface area contributed by atoms with Crippen molar-refractivity contribution in [1.82, 2.24) is 14.9 Å². The summed E-state index contributed by atoms with van der Waals surface area (Å²) in [6, 6.07) is 2.63. The summed E-state index contributed by atoms with van der Waals surface area (Å²) in [7, 11) is 0. The van der Waals surface area contributed by atoms with Gasteiger partial charge in [-0.2, -0.15) is 0 Å². The Balaban J connectivity index is 1.65. The molecule has 18 heavy (non-hydrogen) atoms. The third-order valence-electron chi connectivity index (χ3n) is 4.52. The van der Waals surface area contributed by atoms with Crippen molar-refractivity contribution in [2.75, 3.05) is 19.6 Å². The Morgan fingerprint density at radius 2 is 2.06 bits per heavy atom. The molecule has 2 aliphatic heterocycles. The predicted octanol–water partition coefficient (Wildman–Crippen LogP) is 1.39. The minimum Gasteiger partial charge on any atom is -0.330 e. The van der Waals surface area contributed by atoms with Gasteiger partial charge in [0.2, 0.25) is 0 Å². The highest BCUT2D eigenvalue weighted by Crippen LogP contribution is 2.35. The largest absolute Gasteiger partial charge is 0.330 e. The van der Waals surface area contributed by atoms with Crippen molar-refractivity contribution in [3.05, 3.63) is 24.3 Å². The number of rotatable bonds is 2. The number of aromatic nitrogens is 2. The quantitative estimate of drug-likeness (QED) is 0.857. The average Bonchev–Trinajstić information content (AvgIpc) is 2.47. The van der Waals surface area contributed by atoms with Crippen LogP contribution in [-0.2, 0) is 0 Å². The maximum absolute atomic E-state index is 5.80. The van der Waals surface area contributed by atoms with Crippen LogP contribution in [0.5, 0.6) is 0 Å². The van der Waals surface area contributed by atoms with Gasteiger partial charge in [-0.15, -0.1) is 0 Å². The molecule has 1 unspecified atom stereocenters. The molecule has 3 rings (SSSR count). The van der Waals surface area contributed by atoms with Crippen LogP contribution >= 0.6 is 0 Å². The van der Waals surface area contributed by atoms with Gasteiger partial charge in [0.25, 0.3) is 0 Å². The van der Waals surface area contributed by atoms with Gasteiger partial charge in [-0.3, -0.25) is 0 Å². The number of nitrogens with two attached hydrogens (primary N) is 1. The van der Waals surface area contributed by atoms with Crippen LogP contribution in [0.25, 0.3) is 0 Å². The SMILES string of the molecule is NC[C@H]1CC[C@H]2CC(c3ncccn3)CCN2C1. The topological polar surface area (TPSA) is 55.0 Å². The third kappa shape index (κ3) is 2.40. The maximum Gasteiger partial charge on any atom is 0.131 e. The van der Waals surface area contributed by atoms with Crippen molar-refractivity contribution in [3.8, 4) is 0 Å². The highest BCUT2D eigenvalue weighted by atomic mass is 15.2. The van der Waals surface area contributed by atoms with Crippen LogP contribution in [-0.4, -0.2) is 40.5 Å². The predicted molar refractivity (Wildman–Crippen MR) is 71.1 cm³/mol. The van der Waals surface area contributed by atoms with Gasteiger partial charge in [0.05, 0.1) is 0 Å². The molecule has 3 atom stereocenters. The molecule has 0 spiro atoms. The molecule has 2 aliphatic rings. The van der Waals surface area contributed by atoms with Gasteiger partial charge in [-0.05, 0) is 50.8 Å². The second kappa shape index (κ2) is 5.33. The van der Waals surface area contributed by atoms with E-state index in [1.807, 2.05) is 18.5 Å². The van der Waals surface area contributed by atoms with Crippen molar-refractivity contribution in [2.45, 2.75) is 37.6 Å². The molecule has 2 saturated heterocycles. The maximum atomic E-state index is 5.80. The van der Waals surface area contributed by atoms with E-state index in [0.717, 1.165) is 18.4 Å². The Hall–Kier alpha value is -1.00. The Labute approximate surface area is 109 Å². The van der Waals surface area contributed by atoms with Gasteiger partial charge in [0.15, 0.2) is 0 Å². The van der Waals surface area contributed by atoms with Gasteiger partial charge in [-0.1, -0.05) is 0 Å². The molecule has 0 radical (unpaired) electrons. The molecule has 1 aromatic rings. The molecule has 1 aromatic heterocycles. The molecule has 4 heteroatoms. The Bertz CT molecular complexity index is 381. The van der Waals surface area contributed by atoms with Crippen LogP contribution in [0, 0.1) is 5.92 Å². The van der Waals surface area contributed by atoms with E-state index in [2.05, 4.69) is 14.9 Å². The summed E-state index contributed by atoms with van der Waals surface area (Å²) < 4.78 is 0. The van der Waals surface area contributed by atoms with E-state index in [9.17, 15) is 0 Å². The number of fused-ring (bicyclic) bond motifs is 1. The minimum absolute atomic E-state index is 0.557. The number of hydrogen-bond donors (Lipinski definition) is 1. The molecule has 3 heterocycles. The molecule has 0 aliphatic carbocycles. The summed E-state index contributed by atoms with van der Waals surface area (Å²) in [5, 5.41) is 0. The zero-order valence-corrected chi connectivity index (χ0v) is 10.8. The van der Waals surface area contributed by atoms with Gasteiger partial charge >= 0.3 is 0 Å². The highest BCUT2D eigenvalue weighted by Gasteiger charge is 2.34. The smallest absolute Gasteiger partial charge is 0.131 e. The first-order valence-electron chi connectivity index (χ1n) is 7.08. The monoisotopic (exact) mass is 246 g/mol.